The molecule has 0 spiro atoms. The van der Waals surface area contributed by atoms with Gasteiger partial charge in [-0.3, -0.25) is 0 Å². The third-order valence-corrected chi connectivity index (χ3v) is 10.9. The second-order valence-corrected chi connectivity index (χ2v) is 14.1. The molecule has 0 unspecified atom stereocenters. The van der Waals surface area contributed by atoms with Gasteiger partial charge < -0.3 is 14.2 Å². The highest BCUT2D eigenvalue weighted by atomic mass is 32.1. The lowest BCUT2D eigenvalue weighted by molar-refractivity contribution is 0.669. The van der Waals surface area contributed by atoms with Gasteiger partial charge in [-0.2, -0.15) is 0 Å². The minimum Gasteiger partial charge on any atom is -0.456 e. The average Bonchev–Trinajstić information content (AvgIpc) is 3.77. The Morgan fingerprint density at radius 1 is 0.308 bits per heavy atom. The molecule has 0 saturated heterocycles. The van der Waals surface area contributed by atoms with Crippen molar-refractivity contribution in [1.82, 2.24) is 0 Å². The second-order valence-electron chi connectivity index (χ2n) is 13.0. The molecular formula is C48H32N2OS. The molecule has 246 valence electrons. The molecule has 0 aliphatic rings. The van der Waals surface area contributed by atoms with Crippen molar-refractivity contribution >= 4 is 87.6 Å². The molecule has 0 saturated carbocycles. The zero-order valence-corrected chi connectivity index (χ0v) is 29.0. The van der Waals surface area contributed by atoms with E-state index in [1.54, 1.807) is 0 Å². The van der Waals surface area contributed by atoms with Crippen LogP contribution in [0.2, 0.25) is 0 Å². The Hall–Kier alpha value is -6.62. The van der Waals surface area contributed by atoms with Crippen molar-refractivity contribution in [2.24, 2.45) is 0 Å². The minimum absolute atomic E-state index is 0.895. The van der Waals surface area contributed by atoms with Crippen molar-refractivity contribution in [2.45, 2.75) is 0 Å². The van der Waals surface area contributed by atoms with Crippen LogP contribution >= 0.6 is 11.3 Å². The highest BCUT2D eigenvalue weighted by Crippen LogP contribution is 2.43. The molecule has 52 heavy (non-hydrogen) atoms. The molecule has 0 radical (unpaired) electrons. The molecule has 0 aliphatic heterocycles. The first-order valence-electron chi connectivity index (χ1n) is 17.5. The van der Waals surface area contributed by atoms with Gasteiger partial charge in [0.05, 0.1) is 0 Å². The first-order chi connectivity index (χ1) is 25.8. The van der Waals surface area contributed by atoms with Gasteiger partial charge in [-0.15, -0.1) is 11.3 Å². The summed E-state index contributed by atoms with van der Waals surface area (Å²) in [4.78, 5) is 4.65. The molecule has 0 fully saturated rings. The largest absolute Gasteiger partial charge is 0.456 e. The average molecular weight is 685 g/mol. The summed E-state index contributed by atoms with van der Waals surface area (Å²) in [7, 11) is 0. The number of para-hydroxylation sites is 4. The molecule has 2 aromatic heterocycles. The van der Waals surface area contributed by atoms with E-state index in [-0.39, 0.29) is 0 Å². The number of rotatable bonds is 7. The number of hydrogen-bond acceptors (Lipinski definition) is 4. The number of benzene rings is 8. The Labute approximate surface area is 305 Å². The summed E-state index contributed by atoms with van der Waals surface area (Å²) in [6.07, 6.45) is 0. The molecule has 4 heteroatoms. The molecule has 0 amide bonds. The molecule has 8 aromatic carbocycles. The number of hydrogen-bond donors (Lipinski definition) is 0. The van der Waals surface area contributed by atoms with Gasteiger partial charge in [0, 0.05) is 65.1 Å². The third-order valence-electron chi connectivity index (χ3n) is 9.81. The molecule has 0 atom stereocenters. The van der Waals surface area contributed by atoms with E-state index < -0.39 is 0 Å². The van der Waals surface area contributed by atoms with Crippen LogP contribution in [0.15, 0.2) is 199 Å². The fraction of sp³-hybridized carbons (Fsp3) is 0. The zero-order chi connectivity index (χ0) is 34.4. The first-order valence-corrected chi connectivity index (χ1v) is 18.3. The molecule has 0 aliphatic carbocycles. The van der Waals surface area contributed by atoms with E-state index in [1.165, 1.54) is 31.3 Å². The normalized spacial score (nSPS) is 11.5. The number of fused-ring (bicyclic) bond motifs is 6. The number of furan rings is 1. The first kappa shape index (κ1) is 30.2. The van der Waals surface area contributed by atoms with Gasteiger partial charge in [0.15, 0.2) is 0 Å². The van der Waals surface area contributed by atoms with E-state index >= 15 is 0 Å². The zero-order valence-electron chi connectivity index (χ0n) is 28.2. The van der Waals surface area contributed by atoms with E-state index in [9.17, 15) is 0 Å². The van der Waals surface area contributed by atoms with Gasteiger partial charge in [-0.05, 0) is 108 Å². The lowest BCUT2D eigenvalue weighted by atomic mass is 10.0. The maximum atomic E-state index is 6.17. The summed E-state index contributed by atoms with van der Waals surface area (Å²) in [5, 5.41) is 4.78. The summed E-state index contributed by atoms with van der Waals surface area (Å²) in [6.45, 7) is 0. The maximum Gasteiger partial charge on any atom is 0.135 e. The molecule has 10 aromatic rings. The van der Waals surface area contributed by atoms with E-state index in [0.717, 1.165) is 56.1 Å². The summed E-state index contributed by atoms with van der Waals surface area (Å²) in [6, 6.07) is 69.1. The van der Waals surface area contributed by atoms with Crippen molar-refractivity contribution in [3.63, 3.8) is 0 Å². The number of nitrogens with zero attached hydrogens (tertiary/aromatic N) is 2. The SMILES string of the molecule is c1ccc(N(c2ccccc2)c2cccc(-c3ccc4sc5cc(N(c6ccccc6)c6ccc7oc8ccccc8c7c6)ccc5c4c3)c2)cc1. The summed E-state index contributed by atoms with van der Waals surface area (Å²) >= 11 is 1.85. The fourth-order valence-electron chi connectivity index (χ4n) is 7.39. The van der Waals surface area contributed by atoms with Crippen LogP contribution < -0.4 is 9.80 Å². The smallest absolute Gasteiger partial charge is 0.135 e. The van der Waals surface area contributed by atoms with Gasteiger partial charge in [0.2, 0.25) is 0 Å². The summed E-state index contributed by atoms with van der Waals surface area (Å²) in [5.41, 5.74) is 10.9. The Morgan fingerprint density at radius 3 is 1.60 bits per heavy atom. The number of thiophene rings is 1. The minimum atomic E-state index is 0.895. The van der Waals surface area contributed by atoms with Crippen molar-refractivity contribution in [1.29, 1.82) is 0 Å². The van der Waals surface area contributed by atoms with Crippen LogP contribution in [0, 0.1) is 0 Å². The van der Waals surface area contributed by atoms with Crippen LogP contribution in [0.3, 0.4) is 0 Å². The maximum absolute atomic E-state index is 6.17. The lowest BCUT2D eigenvalue weighted by Gasteiger charge is -2.26. The number of anilines is 6. The van der Waals surface area contributed by atoms with Crippen molar-refractivity contribution in [3.8, 4) is 11.1 Å². The van der Waals surface area contributed by atoms with Gasteiger partial charge >= 0.3 is 0 Å². The Morgan fingerprint density at radius 2 is 0.865 bits per heavy atom. The van der Waals surface area contributed by atoms with Crippen molar-refractivity contribution in [2.75, 3.05) is 9.80 Å². The lowest BCUT2D eigenvalue weighted by Crippen LogP contribution is -2.09. The van der Waals surface area contributed by atoms with Crippen LogP contribution in [0.5, 0.6) is 0 Å². The van der Waals surface area contributed by atoms with Crippen LogP contribution in [0.25, 0.3) is 53.2 Å². The molecule has 2 heterocycles. The molecular weight excluding hydrogens is 653 g/mol. The monoisotopic (exact) mass is 684 g/mol. The van der Waals surface area contributed by atoms with Crippen molar-refractivity contribution in [3.05, 3.63) is 194 Å². The predicted molar refractivity (Wildman–Crippen MR) is 221 cm³/mol. The Bertz CT molecular complexity index is 2820. The highest BCUT2D eigenvalue weighted by Gasteiger charge is 2.18. The van der Waals surface area contributed by atoms with E-state index in [0.29, 0.717) is 0 Å². The van der Waals surface area contributed by atoms with Crippen LogP contribution in [0.4, 0.5) is 34.1 Å². The van der Waals surface area contributed by atoms with E-state index in [4.69, 9.17) is 4.42 Å². The molecule has 3 nitrogen and oxygen atoms in total. The molecule has 0 bridgehead atoms. The molecule has 10 rings (SSSR count). The van der Waals surface area contributed by atoms with Gasteiger partial charge in [0.25, 0.3) is 0 Å². The summed E-state index contributed by atoms with van der Waals surface area (Å²) in [5.74, 6) is 0. The predicted octanol–water partition coefficient (Wildman–Crippen LogP) is 14.6. The van der Waals surface area contributed by atoms with Crippen LogP contribution in [0.1, 0.15) is 0 Å². The van der Waals surface area contributed by atoms with E-state index in [2.05, 4.69) is 192 Å². The van der Waals surface area contributed by atoms with Gasteiger partial charge in [0.1, 0.15) is 11.2 Å². The second kappa shape index (κ2) is 12.6. The third kappa shape index (κ3) is 5.29. The Balaban J connectivity index is 1.06. The quantitative estimate of drug-likeness (QED) is 0.167. The highest BCUT2D eigenvalue weighted by molar-refractivity contribution is 7.25. The van der Waals surface area contributed by atoms with Gasteiger partial charge in [-0.25, -0.2) is 0 Å². The van der Waals surface area contributed by atoms with Crippen molar-refractivity contribution < 1.29 is 4.42 Å². The molecule has 0 N–H and O–H groups in total. The topological polar surface area (TPSA) is 19.6 Å². The standard InChI is InChI=1S/C48H32N2OS/c1-4-14-35(15-5-1)49(36-16-6-2-7-17-36)38-20-12-13-33(29-38)34-23-28-47-44(30-34)42-26-24-40(32-48(42)52-47)50(37-18-8-3-9-19-37)39-25-27-46-43(31-39)41-21-10-11-22-45(41)51-46/h1-32H. The Kier molecular flexibility index (Phi) is 7.33. The fourth-order valence-corrected chi connectivity index (χ4v) is 8.51. The van der Waals surface area contributed by atoms with Crippen LogP contribution in [-0.2, 0) is 0 Å². The summed E-state index contributed by atoms with van der Waals surface area (Å²) < 4.78 is 8.71. The van der Waals surface area contributed by atoms with E-state index in [1.807, 2.05) is 23.5 Å². The van der Waals surface area contributed by atoms with Crippen LogP contribution in [-0.4, -0.2) is 0 Å². The van der Waals surface area contributed by atoms with Gasteiger partial charge in [-0.1, -0.05) is 97.1 Å².